The fraction of sp³-hybridized carbons (Fsp3) is 0.400. The molecule has 0 atom stereocenters. The summed E-state index contributed by atoms with van der Waals surface area (Å²) in [5.74, 6) is 0.0930. The van der Waals surface area contributed by atoms with E-state index in [0.29, 0.717) is 37.2 Å². The molecule has 32 heavy (non-hydrogen) atoms. The lowest BCUT2D eigenvalue weighted by atomic mass is 9.87. The van der Waals surface area contributed by atoms with Crippen LogP contribution in [-0.2, 0) is 10.2 Å². The van der Waals surface area contributed by atoms with Gasteiger partial charge in [0.1, 0.15) is 5.75 Å². The molecule has 0 spiro atoms. The zero-order chi connectivity index (χ0) is 23.1. The number of para-hydroxylation sites is 1. The predicted molar refractivity (Wildman–Crippen MR) is 123 cm³/mol. The smallest absolute Gasteiger partial charge is 0.410 e. The van der Waals surface area contributed by atoms with Crippen molar-refractivity contribution in [3.8, 4) is 5.75 Å². The van der Waals surface area contributed by atoms with Gasteiger partial charge in [0.25, 0.3) is 5.91 Å². The zero-order valence-corrected chi connectivity index (χ0v) is 18.9. The fourth-order valence-corrected chi connectivity index (χ4v) is 3.56. The average Bonchev–Trinajstić information content (AvgIpc) is 2.78. The highest BCUT2D eigenvalue weighted by Gasteiger charge is 2.24. The molecule has 0 unspecified atom stereocenters. The Morgan fingerprint density at radius 3 is 2.19 bits per heavy atom. The quantitative estimate of drug-likeness (QED) is 0.750. The SMILES string of the molecule is CC(C)(C)c1ccc(C(=O)NCC(=O)N2CCC(NC(=O)Oc3ccccc3)CC2)cc1. The van der Waals surface area contributed by atoms with Gasteiger partial charge in [0.15, 0.2) is 0 Å². The first kappa shape index (κ1) is 23.3. The van der Waals surface area contributed by atoms with Gasteiger partial charge in [-0.05, 0) is 48.1 Å². The van der Waals surface area contributed by atoms with Crippen molar-refractivity contribution in [2.45, 2.75) is 45.1 Å². The van der Waals surface area contributed by atoms with Gasteiger partial charge in [-0.2, -0.15) is 0 Å². The fourth-order valence-electron chi connectivity index (χ4n) is 3.56. The molecule has 0 radical (unpaired) electrons. The Morgan fingerprint density at radius 1 is 0.969 bits per heavy atom. The van der Waals surface area contributed by atoms with Crippen LogP contribution in [0.2, 0.25) is 0 Å². The highest BCUT2D eigenvalue weighted by atomic mass is 16.6. The maximum Gasteiger partial charge on any atom is 0.412 e. The molecule has 7 heteroatoms. The van der Waals surface area contributed by atoms with E-state index in [0.717, 1.165) is 5.56 Å². The number of piperidine rings is 1. The minimum Gasteiger partial charge on any atom is -0.410 e. The summed E-state index contributed by atoms with van der Waals surface area (Å²) in [6.07, 6.45) is 0.779. The van der Waals surface area contributed by atoms with Crippen molar-refractivity contribution in [1.82, 2.24) is 15.5 Å². The van der Waals surface area contributed by atoms with Crippen molar-refractivity contribution in [1.29, 1.82) is 0 Å². The summed E-state index contributed by atoms with van der Waals surface area (Å²) in [4.78, 5) is 38.6. The number of amides is 3. The Hall–Kier alpha value is -3.35. The van der Waals surface area contributed by atoms with Crippen molar-refractivity contribution in [3.63, 3.8) is 0 Å². The van der Waals surface area contributed by atoms with E-state index in [1.165, 1.54) is 0 Å². The minimum absolute atomic E-state index is 0.0181. The highest BCUT2D eigenvalue weighted by Crippen LogP contribution is 2.22. The maximum atomic E-state index is 12.5. The average molecular weight is 438 g/mol. The molecule has 2 aromatic carbocycles. The van der Waals surface area contributed by atoms with Crippen LogP contribution in [0.4, 0.5) is 4.79 Å². The molecule has 170 valence electrons. The van der Waals surface area contributed by atoms with E-state index < -0.39 is 6.09 Å². The zero-order valence-electron chi connectivity index (χ0n) is 18.9. The first-order valence-corrected chi connectivity index (χ1v) is 10.9. The second-order valence-corrected chi connectivity index (χ2v) is 9.01. The normalized spacial score (nSPS) is 14.5. The van der Waals surface area contributed by atoms with Crippen LogP contribution in [0.1, 0.15) is 49.5 Å². The second kappa shape index (κ2) is 10.3. The van der Waals surface area contributed by atoms with Gasteiger partial charge in [-0.3, -0.25) is 9.59 Å². The molecule has 0 aliphatic carbocycles. The van der Waals surface area contributed by atoms with E-state index in [9.17, 15) is 14.4 Å². The Balaban J connectivity index is 1.39. The summed E-state index contributed by atoms with van der Waals surface area (Å²) < 4.78 is 5.25. The number of hydrogen-bond acceptors (Lipinski definition) is 4. The van der Waals surface area contributed by atoms with Crippen LogP contribution in [0.25, 0.3) is 0 Å². The van der Waals surface area contributed by atoms with Crippen LogP contribution in [0.15, 0.2) is 54.6 Å². The van der Waals surface area contributed by atoms with E-state index in [1.807, 2.05) is 18.2 Å². The predicted octanol–water partition coefficient (Wildman–Crippen LogP) is 3.49. The maximum absolute atomic E-state index is 12.5. The third-order valence-electron chi connectivity index (χ3n) is 5.54. The lowest BCUT2D eigenvalue weighted by Gasteiger charge is -2.32. The third-order valence-corrected chi connectivity index (χ3v) is 5.54. The second-order valence-electron chi connectivity index (χ2n) is 9.01. The number of benzene rings is 2. The van der Waals surface area contributed by atoms with Crippen LogP contribution >= 0.6 is 0 Å². The van der Waals surface area contributed by atoms with Crippen molar-refractivity contribution in [2.75, 3.05) is 19.6 Å². The molecule has 1 fully saturated rings. The van der Waals surface area contributed by atoms with Gasteiger partial charge >= 0.3 is 6.09 Å². The number of likely N-dealkylation sites (tertiary alicyclic amines) is 1. The monoisotopic (exact) mass is 437 g/mol. The number of rotatable bonds is 5. The molecular formula is C25H31N3O4. The van der Waals surface area contributed by atoms with Crippen molar-refractivity contribution >= 4 is 17.9 Å². The molecule has 7 nitrogen and oxygen atoms in total. The molecule has 2 N–H and O–H groups in total. The Kier molecular flexibility index (Phi) is 7.51. The Bertz CT molecular complexity index is 928. The molecule has 1 aliphatic heterocycles. The number of nitrogens with one attached hydrogen (secondary N) is 2. The number of ether oxygens (including phenoxy) is 1. The number of hydrogen-bond donors (Lipinski definition) is 2. The molecule has 0 bridgehead atoms. The first-order valence-electron chi connectivity index (χ1n) is 10.9. The largest absolute Gasteiger partial charge is 0.412 e. The minimum atomic E-state index is -0.495. The van der Waals surface area contributed by atoms with Gasteiger partial charge < -0.3 is 20.3 Å². The van der Waals surface area contributed by atoms with Crippen LogP contribution < -0.4 is 15.4 Å². The van der Waals surface area contributed by atoms with Gasteiger partial charge in [-0.1, -0.05) is 51.1 Å². The molecule has 0 aromatic heterocycles. The van der Waals surface area contributed by atoms with Crippen molar-refractivity contribution < 1.29 is 19.1 Å². The Morgan fingerprint density at radius 2 is 1.59 bits per heavy atom. The summed E-state index contributed by atoms with van der Waals surface area (Å²) in [5, 5.41) is 5.55. The Labute approximate surface area is 189 Å². The highest BCUT2D eigenvalue weighted by molar-refractivity contribution is 5.96. The number of carbonyl (C=O) groups is 3. The molecular weight excluding hydrogens is 406 g/mol. The molecule has 1 heterocycles. The summed E-state index contributed by atoms with van der Waals surface area (Å²) >= 11 is 0. The number of nitrogens with zero attached hydrogens (tertiary/aromatic N) is 1. The topological polar surface area (TPSA) is 87.7 Å². The molecule has 1 aliphatic rings. The van der Waals surface area contributed by atoms with Crippen LogP contribution in [0.3, 0.4) is 0 Å². The lowest BCUT2D eigenvalue weighted by Crippen LogP contribution is -2.49. The van der Waals surface area contributed by atoms with Gasteiger partial charge in [-0.15, -0.1) is 0 Å². The van der Waals surface area contributed by atoms with E-state index in [4.69, 9.17) is 4.74 Å². The van der Waals surface area contributed by atoms with Gasteiger partial charge in [-0.25, -0.2) is 4.79 Å². The van der Waals surface area contributed by atoms with E-state index in [-0.39, 0.29) is 29.8 Å². The van der Waals surface area contributed by atoms with E-state index >= 15 is 0 Å². The molecule has 0 saturated carbocycles. The van der Waals surface area contributed by atoms with Crippen molar-refractivity contribution in [2.24, 2.45) is 0 Å². The summed E-state index contributed by atoms with van der Waals surface area (Å²) in [7, 11) is 0. The number of carbonyl (C=O) groups excluding carboxylic acids is 3. The molecule has 3 amide bonds. The van der Waals surface area contributed by atoms with E-state index in [1.54, 1.807) is 41.3 Å². The molecule has 1 saturated heterocycles. The van der Waals surface area contributed by atoms with Crippen LogP contribution in [0.5, 0.6) is 5.75 Å². The van der Waals surface area contributed by atoms with Crippen molar-refractivity contribution in [3.05, 3.63) is 65.7 Å². The van der Waals surface area contributed by atoms with Crippen LogP contribution in [0, 0.1) is 0 Å². The first-order chi connectivity index (χ1) is 15.2. The van der Waals surface area contributed by atoms with E-state index in [2.05, 4.69) is 31.4 Å². The third kappa shape index (κ3) is 6.57. The van der Waals surface area contributed by atoms with Crippen LogP contribution in [-0.4, -0.2) is 48.5 Å². The van der Waals surface area contributed by atoms with Gasteiger partial charge in [0.05, 0.1) is 6.54 Å². The summed E-state index contributed by atoms with van der Waals surface area (Å²) in [5.41, 5.74) is 1.70. The standard InChI is InChI=1S/C25H31N3O4/c1-25(2,3)19-11-9-18(10-12-19)23(30)26-17-22(29)28-15-13-20(14-16-28)27-24(31)32-21-7-5-4-6-8-21/h4-12,20H,13-17H2,1-3H3,(H,26,30)(H,27,31). The molecule has 3 rings (SSSR count). The lowest BCUT2D eigenvalue weighted by molar-refractivity contribution is -0.131. The van der Waals surface area contributed by atoms with Gasteiger partial charge in [0.2, 0.25) is 5.91 Å². The molecule has 2 aromatic rings. The summed E-state index contributed by atoms with van der Waals surface area (Å²) in [6, 6.07) is 16.3. The summed E-state index contributed by atoms with van der Waals surface area (Å²) in [6.45, 7) is 7.34. The van der Waals surface area contributed by atoms with Gasteiger partial charge in [0, 0.05) is 24.7 Å².